The van der Waals surface area contributed by atoms with Crippen LogP contribution in [0.25, 0.3) is 0 Å². The summed E-state index contributed by atoms with van der Waals surface area (Å²) >= 11 is 0. The monoisotopic (exact) mass is 276 g/mol. The maximum Gasteiger partial charge on any atom is 0.414 e. The number of aliphatic carboxylic acids is 3. The highest BCUT2D eigenvalue weighted by Crippen LogP contribution is 2.11. The first-order valence-electron chi connectivity index (χ1n) is 6.51. The van der Waals surface area contributed by atoms with E-state index >= 15 is 0 Å². The minimum atomic E-state index is -1.82. The van der Waals surface area contributed by atoms with E-state index in [0.717, 1.165) is 12.8 Å². The van der Waals surface area contributed by atoms with Crippen LogP contribution in [0.15, 0.2) is 0 Å². The molecule has 0 rings (SSSR count). The predicted molar refractivity (Wildman–Crippen MR) is 70.1 cm³/mol. The maximum atomic E-state index is 10.5. The number of unbranched alkanes of at least 4 members (excludes halogenated alkanes) is 5. The number of hydrogen-bond acceptors (Lipinski definition) is 3. The number of carbonyl (C=O) groups is 3. The van der Waals surface area contributed by atoms with Gasteiger partial charge in [0.15, 0.2) is 0 Å². The molecule has 1 atom stereocenters. The number of rotatable bonds is 8. The first-order valence-corrected chi connectivity index (χ1v) is 6.51. The van der Waals surface area contributed by atoms with Crippen molar-refractivity contribution in [2.24, 2.45) is 5.92 Å². The summed E-state index contributed by atoms with van der Waals surface area (Å²) in [6, 6.07) is 0. The second-order valence-electron chi connectivity index (χ2n) is 4.41. The highest BCUT2D eigenvalue weighted by Gasteiger charge is 2.09. The van der Waals surface area contributed by atoms with E-state index < -0.39 is 17.9 Å². The Morgan fingerprint density at radius 2 is 1.26 bits per heavy atom. The van der Waals surface area contributed by atoms with Gasteiger partial charge in [0, 0.05) is 0 Å². The Kier molecular flexibility index (Phi) is 13.4. The van der Waals surface area contributed by atoms with Crippen molar-refractivity contribution < 1.29 is 29.7 Å². The van der Waals surface area contributed by atoms with Crippen molar-refractivity contribution in [2.45, 2.75) is 58.8 Å². The smallest absolute Gasteiger partial charge is 0.414 e. The second kappa shape index (κ2) is 12.9. The van der Waals surface area contributed by atoms with Gasteiger partial charge in [0.05, 0.1) is 5.92 Å². The van der Waals surface area contributed by atoms with Crippen LogP contribution in [0.2, 0.25) is 0 Å². The summed E-state index contributed by atoms with van der Waals surface area (Å²) in [4.78, 5) is 28.7. The van der Waals surface area contributed by atoms with Gasteiger partial charge in [-0.3, -0.25) is 4.79 Å². The Labute approximate surface area is 113 Å². The largest absolute Gasteiger partial charge is 0.481 e. The van der Waals surface area contributed by atoms with Gasteiger partial charge in [0.1, 0.15) is 0 Å². The summed E-state index contributed by atoms with van der Waals surface area (Å²) in [5.74, 6) is -4.47. The molecule has 0 spiro atoms. The fourth-order valence-corrected chi connectivity index (χ4v) is 1.35. The van der Waals surface area contributed by atoms with Gasteiger partial charge in [-0.05, 0) is 6.42 Å². The van der Waals surface area contributed by atoms with E-state index in [2.05, 4.69) is 6.92 Å². The molecule has 0 saturated carbocycles. The molecular weight excluding hydrogens is 252 g/mol. The third-order valence-electron chi connectivity index (χ3n) is 2.60. The molecule has 3 N–H and O–H groups in total. The zero-order valence-corrected chi connectivity index (χ0v) is 11.6. The van der Waals surface area contributed by atoms with Gasteiger partial charge < -0.3 is 15.3 Å². The fourth-order valence-electron chi connectivity index (χ4n) is 1.35. The van der Waals surface area contributed by atoms with Crippen molar-refractivity contribution in [3.8, 4) is 0 Å². The van der Waals surface area contributed by atoms with Gasteiger partial charge in [-0.2, -0.15) is 0 Å². The van der Waals surface area contributed by atoms with Crippen molar-refractivity contribution >= 4 is 17.9 Å². The average molecular weight is 276 g/mol. The van der Waals surface area contributed by atoms with E-state index in [0.29, 0.717) is 0 Å². The van der Waals surface area contributed by atoms with E-state index in [-0.39, 0.29) is 5.92 Å². The molecule has 112 valence electrons. The molecule has 0 aromatic rings. The van der Waals surface area contributed by atoms with Crippen molar-refractivity contribution in [3.63, 3.8) is 0 Å². The molecule has 0 aromatic heterocycles. The zero-order chi connectivity index (χ0) is 15.3. The molecule has 0 bridgehead atoms. The molecule has 1 unspecified atom stereocenters. The third-order valence-corrected chi connectivity index (χ3v) is 2.60. The van der Waals surface area contributed by atoms with E-state index in [9.17, 15) is 4.79 Å². The Hall–Kier alpha value is -1.59. The van der Waals surface area contributed by atoms with Crippen LogP contribution in [0.3, 0.4) is 0 Å². The summed E-state index contributed by atoms with van der Waals surface area (Å²) in [7, 11) is 0. The lowest BCUT2D eigenvalue weighted by Gasteiger charge is -2.04. The molecule has 0 saturated heterocycles. The van der Waals surface area contributed by atoms with Gasteiger partial charge in [0.25, 0.3) is 0 Å². The van der Waals surface area contributed by atoms with Crippen LogP contribution in [-0.2, 0) is 14.4 Å². The second-order valence-corrected chi connectivity index (χ2v) is 4.41. The van der Waals surface area contributed by atoms with Crippen LogP contribution < -0.4 is 0 Å². The average Bonchev–Trinajstić information content (AvgIpc) is 2.33. The van der Waals surface area contributed by atoms with Crippen LogP contribution in [0.5, 0.6) is 0 Å². The zero-order valence-electron chi connectivity index (χ0n) is 11.6. The standard InChI is InChI=1S/C11H22O2.C2H2O4/c1-3-4-5-6-7-8-9-10(2)11(12)13;3-1(4)2(5)6/h10H,3-9H2,1-2H3,(H,12,13);(H,3,4)(H,5,6). The summed E-state index contributed by atoms with van der Waals surface area (Å²) in [5, 5.41) is 23.4. The van der Waals surface area contributed by atoms with E-state index in [1.165, 1.54) is 32.1 Å². The number of carboxylic acids is 3. The van der Waals surface area contributed by atoms with Crippen molar-refractivity contribution in [3.05, 3.63) is 0 Å². The molecule has 6 nitrogen and oxygen atoms in total. The summed E-state index contributed by atoms with van der Waals surface area (Å²) in [6.45, 7) is 3.99. The minimum Gasteiger partial charge on any atom is -0.481 e. The van der Waals surface area contributed by atoms with Crippen LogP contribution in [-0.4, -0.2) is 33.2 Å². The van der Waals surface area contributed by atoms with Gasteiger partial charge >= 0.3 is 17.9 Å². The highest BCUT2D eigenvalue weighted by molar-refractivity contribution is 6.27. The molecule has 0 fully saturated rings. The van der Waals surface area contributed by atoms with Crippen molar-refractivity contribution in [1.82, 2.24) is 0 Å². The van der Waals surface area contributed by atoms with Crippen LogP contribution in [0.1, 0.15) is 58.8 Å². The molecule has 0 aliphatic heterocycles. The molecule has 19 heavy (non-hydrogen) atoms. The Morgan fingerprint density at radius 1 is 0.842 bits per heavy atom. The molecule has 0 amide bonds. The molecule has 0 aromatic carbocycles. The lowest BCUT2D eigenvalue weighted by atomic mass is 10.0. The quantitative estimate of drug-likeness (QED) is 0.464. The highest BCUT2D eigenvalue weighted by atomic mass is 16.4. The number of carboxylic acid groups (broad SMARTS) is 3. The summed E-state index contributed by atoms with van der Waals surface area (Å²) in [6.07, 6.45) is 8.24. The SMILES string of the molecule is CCCCCCCCC(C)C(=O)O.O=C(O)C(=O)O. The van der Waals surface area contributed by atoms with Gasteiger partial charge in [0.2, 0.25) is 0 Å². The Bertz CT molecular complexity index is 262. The summed E-state index contributed by atoms with van der Waals surface area (Å²) in [5.41, 5.74) is 0. The molecule has 0 aliphatic rings. The van der Waals surface area contributed by atoms with Crippen LogP contribution in [0, 0.1) is 5.92 Å². The first kappa shape index (κ1) is 19.7. The molecule has 0 aliphatic carbocycles. The molecule has 0 heterocycles. The van der Waals surface area contributed by atoms with Crippen LogP contribution >= 0.6 is 0 Å². The molecule has 6 heteroatoms. The van der Waals surface area contributed by atoms with E-state index in [1.807, 2.05) is 0 Å². The Morgan fingerprint density at radius 3 is 1.63 bits per heavy atom. The lowest BCUT2D eigenvalue weighted by molar-refractivity contribution is -0.159. The first-order chi connectivity index (χ1) is 8.82. The predicted octanol–water partition coefficient (Wildman–Crippen LogP) is 2.61. The minimum absolute atomic E-state index is 0.161. The molecule has 0 radical (unpaired) electrons. The molecular formula is C13H24O6. The van der Waals surface area contributed by atoms with Crippen LogP contribution in [0.4, 0.5) is 0 Å². The van der Waals surface area contributed by atoms with Gasteiger partial charge in [-0.25, -0.2) is 9.59 Å². The van der Waals surface area contributed by atoms with E-state index in [4.69, 9.17) is 24.9 Å². The normalized spacial score (nSPS) is 11.1. The topological polar surface area (TPSA) is 112 Å². The van der Waals surface area contributed by atoms with Gasteiger partial charge in [-0.15, -0.1) is 0 Å². The lowest BCUT2D eigenvalue weighted by Crippen LogP contribution is -2.09. The maximum absolute atomic E-state index is 10.5. The third kappa shape index (κ3) is 16.4. The fraction of sp³-hybridized carbons (Fsp3) is 0.769. The van der Waals surface area contributed by atoms with Gasteiger partial charge in [-0.1, -0.05) is 52.4 Å². The van der Waals surface area contributed by atoms with Crippen molar-refractivity contribution in [2.75, 3.05) is 0 Å². The van der Waals surface area contributed by atoms with E-state index in [1.54, 1.807) is 6.92 Å². The Balaban J connectivity index is 0. The summed E-state index contributed by atoms with van der Waals surface area (Å²) < 4.78 is 0. The number of hydrogen-bond donors (Lipinski definition) is 3. The van der Waals surface area contributed by atoms with Crippen molar-refractivity contribution in [1.29, 1.82) is 0 Å².